The van der Waals surface area contributed by atoms with E-state index in [-0.39, 0.29) is 12.5 Å². The Morgan fingerprint density at radius 3 is 2.89 bits per heavy atom. The van der Waals surface area contributed by atoms with E-state index in [0.717, 1.165) is 11.4 Å². The van der Waals surface area contributed by atoms with E-state index in [9.17, 15) is 4.79 Å². The Bertz CT molecular complexity index is 572. The molecule has 1 amide bonds. The van der Waals surface area contributed by atoms with E-state index < -0.39 is 0 Å². The molecule has 7 heteroatoms. The number of ether oxygens (including phenoxy) is 1. The van der Waals surface area contributed by atoms with Crippen molar-refractivity contribution in [3.63, 3.8) is 0 Å². The summed E-state index contributed by atoms with van der Waals surface area (Å²) >= 11 is 0. The lowest BCUT2D eigenvalue weighted by Gasteiger charge is -2.04. The van der Waals surface area contributed by atoms with Gasteiger partial charge in [0.1, 0.15) is 13.3 Å². The summed E-state index contributed by atoms with van der Waals surface area (Å²) in [6.07, 6.45) is 3.29. The molecule has 0 aromatic carbocycles. The molecule has 7 nitrogen and oxygen atoms in total. The number of hydrogen-bond donors (Lipinski definition) is 1. The summed E-state index contributed by atoms with van der Waals surface area (Å²) in [6.45, 7) is 4.36. The van der Waals surface area contributed by atoms with Gasteiger partial charge in [0.05, 0.1) is 23.8 Å². The highest BCUT2D eigenvalue weighted by Gasteiger charge is 2.08. The van der Waals surface area contributed by atoms with Gasteiger partial charge >= 0.3 is 0 Å². The van der Waals surface area contributed by atoms with Crippen LogP contribution in [0.15, 0.2) is 18.5 Å². The fraction of sp³-hybridized carbons (Fsp3) is 0.417. The van der Waals surface area contributed by atoms with Crippen LogP contribution in [0.25, 0.3) is 0 Å². The molecular formula is C12H17N5O2. The minimum atomic E-state index is -0.136. The van der Waals surface area contributed by atoms with Crippen molar-refractivity contribution in [2.24, 2.45) is 0 Å². The number of amides is 1. The van der Waals surface area contributed by atoms with Gasteiger partial charge in [-0.1, -0.05) is 0 Å². The highest BCUT2D eigenvalue weighted by molar-refractivity contribution is 5.90. The zero-order valence-corrected chi connectivity index (χ0v) is 11.3. The van der Waals surface area contributed by atoms with E-state index in [2.05, 4.69) is 15.5 Å². The molecule has 0 saturated carbocycles. The molecule has 0 radical (unpaired) electrons. The number of anilines is 1. The molecule has 0 aliphatic heterocycles. The van der Waals surface area contributed by atoms with Crippen LogP contribution in [0, 0.1) is 13.8 Å². The predicted molar refractivity (Wildman–Crippen MR) is 69.6 cm³/mol. The summed E-state index contributed by atoms with van der Waals surface area (Å²) in [5, 5.41) is 11.1. The first-order valence-corrected chi connectivity index (χ1v) is 5.91. The highest BCUT2D eigenvalue weighted by atomic mass is 16.5. The van der Waals surface area contributed by atoms with Crippen molar-refractivity contribution in [1.82, 2.24) is 19.6 Å². The van der Waals surface area contributed by atoms with E-state index in [1.54, 1.807) is 28.9 Å². The predicted octanol–water partition coefficient (Wildman–Crippen LogP) is 0.939. The second-order valence-corrected chi connectivity index (χ2v) is 4.32. The fourth-order valence-corrected chi connectivity index (χ4v) is 1.80. The van der Waals surface area contributed by atoms with Crippen LogP contribution in [0.3, 0.4) is 0 Å². The van der Waals surface area contributed by atoms with Crippen molar-refractivity contribution in [1.29, 1.82) is 0 Å². The monoisotopic (exact) mass is 263 g/mol. The zero-order valence-electron chi connectivity index (χ0n) is 11.3. The number of carbonyl (C=O) groups is 1. The number of rotatable bonds is 5. The molecular weight excluding hydrogens is 246 g/mol. The summed E-state index contributed by atoms with van der Waals surface area (Å²) in [6, 6.07) is 1.93. The topological polar surface area (TPSA) is 74.0 Å². The van der Waals surface area contributed by atoms with Crippen LogP contribution < -0.4 is 5.32 Å². The minimum Gasteiger partial charge on any atom is -0.362 e. The molecule has 2 heterocycles. The summed E-state index contributed by atoms with van der Waals surface area (Å²) in [4.78, 5) is 11.9. The summed E-state index contributed by atoms with van der Waals surface area (Å²) in [5.74, 6) is -0.136. The Morgan fingerprint density at radius 1 is 1.47 bits per heavy atom. The number of aromatic nitrogens is 4. The number of hydrogen-bond acceptors (Lipinski definition) is 4. The van der Waals surface area contributed by atoms with Crippen LogP contribution in [-0.2, 0) is 22.8 Å². The third-order valence-corrected chi connectivity index (χ3v) is 2.58. The normalized spacial score (nSPS) is 10.7. The van der Waals surface area contributed by atoms with Crippen molar-refractivity contribution in [3.05, 3.63) is 29.8 Å². The first kappa shape index (κ1) is 13.3. The molecule has 2 aromatic rings. The zero-order chi connectivity index (χ0) is 13.8. The van der Waals surface area contributed by atoms with Crippen molar-refractivity contribution in [2.75, 3.05) is 12.4 Å². The molecule has 2 rings (SSSR count). The SMILES string of the molecule is COCn1cc(NC(=O)Cn2nc(C)cc2C)cn1. The van der Waals surface area contributed by atoms with Crippen LogP contribution in [0.4, 0.5) is 5.69 Å². The Labute approximate surface area is 111 Å². The van der Waals surface area contributed by atoms with Crippen LogP contribution in [0.5, 0.6) is 0 Å². The number of nitrogens with one attached hydrogen (secondary N) is 1. The van der Waals surface area contributed by atoms with Gasteiger partial charge in [-0.2, -0.15) is 10.2 Å². The summed E-state index contributed by atoms with van der Waals surface area (Å²) in [7, 11) is 1.59. The molecule has 0 spiro atoms. The first-order valence-electron chi connectivity index (χ1n) is 5.91. The average Bonchev–Trinajstić information content (AvgIpc) is 2.87. The van der Waals surface area contributed by atoms with Gasteiger partial charge in [0, 0.05) is 12.8 Å². The smallest absolute Gasteiger partial charge is 0.246 e. The number of nitrogens with zero attached hydrogens (tertiary/aromatic N) is 4. The Balaban J connectivity index is 1.95. The van der Waals surface area contributed by atoms with Crippen molar-refractivity contribution in [2.45, 2.75) is 27.1 Å². The quantitative estimate of drug-likeness (QED) is 0.871. The maximum absolute atomic E-state index is 11.9. The molecule has 2 aromatic heterocycles. The van der Waals surface area contributed by atoms with Gasteiger partial charge in [-0.3, -0.25) is 9.48 Å². The Morgan fingerprint density at radius 2 is 2.26 bits per heavy atom. The Kier molecular flexibility index (Phi) is 3.96. The Hall–Kier alpha value is -2.15. The van der Waals surface area contributed by atoms with Gasteiger partial charge in [-0.25, -0.2) is 4.68 Å². The van der Waals surface area contributed by atoms with Crippen LogP contribution in [0.1, 0.15) is 11.4 Å². The standard InChI is InChI=1S/C12H17N5O2/c1-9-4-10(2)17(15-9)7-12(18)14-11-5-13-16(6-11)8-19-3/h4-6H,7-8H2,1-3H3,(H,14,18). The van der Waals surface area contributed by atoms with Crippen molar-refractivity contribution >= 4 is 11.6 Å². The van der Waals surface area contributed by atoms with Gasteiger partial charge in [0.15, 0.2) is 0 Å². The maximum atomic E-state index is 11.9. The van der Waals surface area contributed by atoms with Crippen molar-refractivity contribution in [3.8, 4) is 0 Å². The lowest BCUT2D eigenvalue weighted by atomic mass is 10.4. The second-order valence-electron chi connectivity index (χ2n) is 4.32. The number of carbonyl (C=O) groups excluding carboxylic acids is 1. The average molecular weight is 263 g/mol. The molecule has 19 heavy (non-hydrogen) atoms. The van der Waals surface area contributed by atoms with Crippen molar-refractivity contribution < 1.29 is 9.53 Å². The molecule has 0 atom stereocenters. The minimum absolute atomic E-state index is 0.136. The molecule has 1 N–H and O–H groups in total. The molecule has 0 saturated heterocycles. The summed E-state index contributed by atoms with van der Waals surface area (Å²) < 4.78 is 8.20. The van der Waals surface area contributed by atoms with Crippen LogP contribution >= 0.6 is 0 Å². The van der Waals surface area contributed by atoms with E-state index in [4.69, 9.17) is 4.74 Å². The maximum Gasteiger partial charge on any atom is 0.246 e. The van der Waals surface area contributed by atoms with E-state index in [1.807, 2.05) is 19.9 Å². The third kappa shape index (κ3) is 3.41. The molecule has 0 fully saturated rings. The second kappa shape index (κ2) is 5.66. The van der Waals surface area contributed by atoms with Gasteiger partial charge in [-0.05, 0) is 19.9 Å². The highest BCUT2D eigenvalue weighted by Crippen LogP contribution is 2.06. The molecule has 0 unspecified atom stereocenters. The molecule has 0 aliphatic carbocycles. The molecule has 0 aliphatic rings. The first-order chi connectivity index (χ1) is 9.08. The van der Waals surface area contributed by atoms with Gasteiger partial charge < -0.3 is 10.1 Å². The van der Waals surface area contributed by atoms with Crippen LogP contribution in [-0.4, -0.2) is 32.6 Å². The van der Waals surface area contributed by atoms with Crippen LogP contribution in [0.2, 0.25) is 0 Å². The lowest BCUT2D eigenvalue weighted by Crippen LogP contribution is -2.20. The van der Waals surface area contributed by atoms with Gasteiger partial charge in [0.25, 0.3) is 0 Å². The third-order valence-electron chi connectivity index (χ3n) is 2.58. The van der Waals surface area contributed by atoms with E-state index >= 15 is 0 Å². The summed E-state index contributed by atoms with van der Waals surface area (Å²) in [5.41, 5.74) is 2.50. The molecule has 102 valence electrons. The largest absolute Gasteiger partial charge is 0.362 e. The fourth-order valence-electron chi connectivity index (χ4n) is 1.80. The van der Waals surface area contributed by atoms with Gasteiger partial charge in [-0.15, -0.1) is 0 Å². The number of methoxy groups -OCH3 is 1. The van der Waals surface area contributed by atoms with E-state index in [1.165, 1.54) is 0 Å². The molecule has 0 bridgehead atoms. The van der Waals surface area contributed by atoms with Gasteiger partial charge in [0.2, 0.25) is 5.91 Å². The lowest BCUT2D eigenvalue weighted by molar-refractivity contribution is -0.116. The van der Waals surface area contributed by atoms with E-state index in [0.29, 0.717) is 12.4 Å². The number of aryl methyl sites for hydroxylation is 2.